The molecule has 2 N–H and O–H groups in total. The standard InChI is InChI=1S/C22H20N6O3/c1-12(21(29)28-20-18-19(24-10-23-18)25-11-26-20)31-22(30)17-13-6-2-4-8-15(13)27-16-9-5-3-7-14(16)17/h2,4,6,8,10-12H,3,5,7,9H2,1H3,(H2,23,24,25,26,28,29). The van der Waals surface area contributed by atoms with E-state index < -0.39 is 18.0 Å². The molecule has 1 aliphatic carbocycles. The number of hydrogen-bond donors (Lipinski definition) is 2. The molecule has 0 radical (unpaired) electrons. The lowest BCUT2D eigenvalue weighted by atomic mass is 9.90. The number of ether oxygens (including phenoxy) is 1. The molecule has 0 saturated heterocycles. The first-order valence-corrected chi connectivity index (χ1v) is 10.2. The number of aromatic amines is 1. The van der Waals surface area contributed by atoms with Crippen LogP contribution >= 0.6 is 0 Å². The van der Waals surface area contributed by atoms with E-state index in [9.17, 15) is 9.59 Å². The van der Waals surface area contributed by atoms with Crippen LogP contribution in [0.4, 0.5) is 5.82 Å². The number of imidazole rings is 1. The highest BCUT2D eigenvalue weighted by Gasteiger charge is 2.27. The Hall–Kier alpha value is -3.88. The highest BCUT2D eigenvalue weighted by atomic mass is 16.5. The maximum absolute atomic E-state index is 13.2. The zero-order valence-electron chi connectivity index (χ0n) is 16.9. The van der Waals surface area contributed by atoms with Crippen LogP contribution in [0.15, 0.2) is 36.9 Å². The largest absolute Gasteiger partial charge is 0.449 e. The van der Waals surface area contributed by atoms with Crippen LogP contribution in [0.2, 0.25) is 0 Å². The average Bonchev–Trinajstić information content (AvgIpc) is 3.27. The predicted octanol–water partition coefficient (Wildman–Crippen LogP) is 2.96. The van der Waals surface area contributed by atoms with Gasteiger partial charge in [0.2, 0.25) is 0 Å². The first kappa shape index (κ1) is 19.1. The molecule has 1 atom stereocenters. The molecule has 1 unspecified atom stereocenters. The first-order chi connectivity index (χ1) is 15.1. The number of carbonyl (C=O) groups excluding carboxylic acids is 2. The van der Waals surface area contributed by atoms with Crippen molar-refractivity contribution < 1.29 is 14.3 Å². The Labute approximate surface area is 177 Å². The van der Waals surface area contributed by atoms with Crippen LogP contribution in [-0.2, 0) is 22.4 Å². The van der Waals surface area contributed by atoms with Gasteiger partial charge in [0.05, 0.1) is 17.4 Å². The first-order valence-electron chi connectivity index (χ1n) is 10.2. The summed E-state index contributed by atoms with van der Waals surface area (Å²) in [5.74, 6) is -0.730. The van der Waals surface area contributed by atoms with Gasteiger partial charge in [0.1, 0.15) is 11.8 Å². The molecule has 4 aromatic rings. The normalized spacial score (nSPS) is 14.2. The van der Waals surface area contributed by atoms with Crippen molar-refractivity contribution in [1.29, 1.82) is 0 Å². The number of esters is 1. The second-order valence-corrected chi connectivity index (χ2v) is 7.50. The third-order valence-corrected chi connectivity index (χ3v) is 5.49. The highest BCUT2D eigenvalue weighted by Crippen LogP contribution is 2.30. The Morgan fingerprint density at radius 2 is 1.97 bits per heavy atom. The number of aromatic nitrogens is 5. The summed E-state index contributed by atoms with van der Waals surface area (Å²) < 4.78 is 5.59. The van der Waals surface area contributed by atoms with Crippen molar-refractivity contribution in [3.8, 4) is 0 Å². The molecule has 0 aliphatic heterocycles. The molecule has 3 heterocycles. The van der Waals surface area contributed by atoms with Gasteiger partial charge in [0.15, 0.2) is 17.6 Å². The minimum Gasteiger partial charge on any atom is -0.449 e. The van der Waals surface area contributed by atoms with E-state index >= 15 is 0 Å². The lowest BCUT2D eigenvalue weighted by Gasteiger charge is -2.21. The fourth-order valence-corrected chi connectivity index (χ4v) is 3.96. The number of hydrogen-bond acceptors (Lipinski definition) is 7. The number of pyridine rings is 1. The van der Waals surface area contributed by atoms with Crippen molar-refractivity contribution >= 4 is 39.8 Å². The number of carbonyl (C=O) groups is 2. The van der Waals surface area contributed by atoms with E-state index in [4.69, 9.17) is 9.72 Å². The van der Waals surface area contributed by atoms with E-state index in [1.807, 2.05) is 24.3 Å². The molecule has 1 amide bonds. The van der Waals surface area contributed by atoms with Crippen LogP contribution < -0.4 is 5.32 Å². The van der Waals surface area contributed by atoms with Crippen LogP contribution in [0, 0.1) is 0 Å². The Morgan fingerprint density at radius 1 is 1.13 bits per heavy atom. The van der Waals surface area contributed by atoms with E-state index in [0.717, 1.165) is 47.8 Å². The van der Waals surface area contributed by atoms with Gasteiger partial charge in [-0.25, -0.2) is 19.7 Å². The van der Waals surface area contributed by atoms with Crippen molar-refractivity contribution in [1.82, 2.24) is 24.9 Å². The Balaban J connectivity index is 1.41. The number of amides is 1. The number of benzene rings is 1. The quantitative estimate of drug-likeness (QED) is 0.490. The van der Waals surface area contributed by atoms with Crippen molar-refractivity contribution in [3.05, 3.63) is 53.7 Å². The Bertz CT molecular complexity index is 1320. The topological polar surface area (TPSA) is 123 Å². The van der Waals surface area contributed by atoms with Gasteiger partial charge in [-0.15, -0.1) is 0 Å². The van der Waals surface area contributed by atoms with Crippen molar-refractivity contribution in [2.75, 3.05) is 5.32 Å². The summed E-state index contributed by atoms with van der Waals surface area (Å²) in [5, 5.41) is 3.42. The van der Waals surface area contributed by atoms with Gasteiger partial charge in [-0.05, 0) is 44.2 Å². The molecule has 3 aromatic heterocycles. The number of H-pyrrole nitrogens is 1. The predicted molar refractivity (Wildman–Crippen MR) is 114 cm³/mol. The van der Waals surface area contributed by atoms with Gasteiger partial charge in [-0.3, -0.25) is 9.78 Å². The minimum atomic E-state index is -1.02. The number of nitrogens with zero attached hydrogens (tertiary/aromatic N) is 4. The fourth-order valence-electron chi connectivity index (χ4n) is 3.96. The summed E-state index contributed by atoms with van der Waals surface area (Å²) in [4.78, 5) is 45.7. The van der Waals surface area contributed by atoms with Crippen LogP contribution in [-0.4, -0.2) is 42.9 Å². The van der Waals surface area contributed by atoms with E-state index in [1.165, 1.54) is 19.6 Å². The van der Waals surface area contributed by atoms with Gasteiger partial charge in [-0.2, -0.15) is 0 Å². The molecule has 156 valence electrons. The molecule has 0 bridgehead atoms. The molecule has 0 spiro atoms. The maximum Gasteiger partial charge on any atom is 0.339 e. The molecule has 9 nitrogen and oxygen atoms in total. The van der Waals surface area contributed by atoms with E-state index in [0.29, 0.717) is 16.7 Å². The van der Waals surface area contributed by atoms with Gasteiger partial charge in [0, 0.05) is 11.1 Å². The number of aryl methyl sites for hydroxylation is 1. The molecule has 0 fully saturated rings. The van der Waals surface area contributed by atoms with E-state index in [2.05, 4.69) is 25.3 Å². The molecular weight excluding hydrogens is 396 g/mol. The van der Waals surface area contributed by atoms with Crippen LogP contribution in [0.25, 0.3) is 22.1 Å². The fraction of sp³-hybridized carbons (Fsp3) is 0.273. The number of rotatable bonds is 4. The van der Waals surface area contributed by atoms with Crippen LogP contribution in [0.5, 0.6) is 0 Å². The second-order valence-electron chi connectivity index (χ2n) is 7.50. The third kappa shape index (κ3) is 3.48. The zero-order valence-corrected chi connectivity index (χ0v) is 16.9. The zero-order chi connectivity index (χ0) is 21.4. The van der Waals surface area contributed by atoms with Gasteiger partial charge in [0.25, 0.3) is 5.91 Å². The average molecular weight is 416 g/mol. The Kier molecular flexibility index (Phi) is 4.78. The summed E-state index contributed by atoms with van der Waals surface area (Å²) in [7, 11) is 0. The molecule has 31 heavy (non-hydrogen) atoms. The Morgan fingerprint density at radius 3 is 2.87 bits per heavy atom. The summed E-state index contributed by atoms with van der Waals surface area (Å²) in [6.45, 7) is 1.54. The number of anilines is 1. The lowest BCUT2D eigenvalue weighted by Crippen LogP contribution is -2.31. The summed E-state index contributed by atoms with van der Waals surface area (Å²) in [6, 6.07) is 7.53. The summed E-state index contributed by atoms with van der Waals surface area (Å²) in [6.07, 6.45) is 5.42. The summed E-state index contributed by atoms with van der Waals surface area (Å²) >= 11 is 0. The second kappa shape index (κ2) is 7.75. The molecule has 1 aliphatic rings. The van der Waals surface area contributed by atoms with Crippen molar-refractivity contribution in [2.45, 2.75) is 38.7 Å². The molecule has 0 saturated carbocycles. The van der Waals surface area contributed by atoms with Crippen LogP contribution in [0.3, 0.4) is 0 Å². The maximum atomic E-state index is 13.2. The van der Waals surface area contributed by atoms with Crippen LogP contribution in [0.1, 0.15) is 41.4 Å². The van der Waals surface area contributed by atoms with Gasteiger partial charge >= 0.3 is 5.97 Å². The SMILES string of the molecule is CC(OC(=O)c1c2c(nc3ccccc13)CCCC2)C(=O)Nc1ncnc2nc[nH]c12. The summed E-state index contributed by atoms with van der Waals surface area (Å²) in [5.41, 5.74) is 4.08. The van der Waals surface area contributed by atoms with Crippen molar-refractivity contribution in [2.24, 2.45) is 0 Å². The number of para-hydroxylation sites is 1. The highest BCUT2D eigenvalue weighted by molar-refractivity contribution is 6.06. The molecule has 9 heteroatoms. The number of nitrogens with one attached hydrogen (secondary N) is 2. The monoisotopic (exact) mass is 416 g/mol. The van der Waals surface area contributed by atoms with Crippen molar-refractivity contribution in [3.63, 3.8) is 0 Å². The van der Waals surface area contributed by atoms with E-state index in [-0.39, 0.29) is 5.82 Å². The third-order valence-electron chi connectivity index (χ3n) is 5.49. The molecule has 5 rings (SSSR count). The molecular formula is C22H20N6O3. The smallest absolute Gasteiger partial charge is 0.339 e. The van der Waals surface area contributed by atoms with E-state index in [1.54, 1.807) is 0 Å². The van der Waals surface area contributed by atoms with Gasteiger partial charge in [-0.1, -0.05) is 18.2 Å². The lowest BCUT2D eigenvalue weighted by molar-refractivity contribution is -0.123. The van der Waals surface area contributed by atoms with Gasteiger partial charge < -0.3 is 15.0 Å². The molecule has 1 aromatic carbocycles. The minimum absolute atomic E-state index is 0.280. The number of fused-ring (bicyclic) bond motifs is 3.